The van der Waals surface area contributed by atoms with E-state index in [2.05, 4.69) is 4.72 Å². The third-order valence-corrected chi connectivity index (χ3v) is 5.22. The van der Waals surface area contributed by atoms with E-state index in [4.69, 9.17) is 10.5 Å². The van der Waals surface area contributed by atoms with E-state index in [1.165, 1.54) is 13.2 Å². The molecule has 0 bridgehead atoms. The molecule has 0 amide bonds. The van der Waals surface area contributed by atoms with E-state index < -0.39 is 27.3 Å². The van der Waals surface area contributed by atoms with Crippen LogP contribution in [-0.2, 0) is 16.6 Å². The Morgan fingerprint density at radius 2 is 1.88 bits per heavy atom. The summed E-state index contributed by atoms with van der Waals surface area (Å²) >= 11 is 0. The van der Waals surface area contributed by atoms with Crippen LogP contribution in [0.3, 0.4) is 0 Å². The molecule has 0 unspecified atom stereocenters. The van der Waals surface area contributed by atoms with Crippen molar-refractivity contribution in [2.24, 2.45) is 0 Å². The second kappa shape index (κ2) is 7.79. The second-order valence-electron chi connectivity index (χ2n) is 5.49. The zero-order valence-corrected chi connectivity index (χ0v) is 14.8. The van der Waals surface area contributed by atoms with E-state index in [0.717, 1.165) is 6.07 Å². The van der Waals surface area contributed by atoms with Gasteiger partial charge in [0, 0.05) is 12.1 Å². The smallest absolute Gasteiger partial charge is 0.211 e. The average Bonchev–Trinajstić information content (AvgIpc) is 2.58. The van der Waals surface area contributed by atoms with E-state index in [1.54, 1.807) is 25.1 Å². The summed E-state index contributed by atoms with van der Waals surface area (Å²) in [6.45, 7) is 1.73. The lowest BCUT2D eigenvalue weighted by Gasteiger charge is -2.14. The predicted molar refractivity (Wildman–Crippen MR) is 93.7 cm³/mol. The SMILES string of the molecule is CCCS(=O)(=O)NCc1ccc(OC)cc1-c1ccc(F)c(N)c1F. The molecule has 0 fully saturated rings. The van der Waals surface area contributed by atoms with Crippen molar-refractivity contribution < 1.29 is 21.9 Å². The van der Waals surface area contributed by atoms with Gasteiger partial charge in [0.05, 0.1) is 12.9 Å². The Morgan fingerprint density at radius 1 is 1.16 bits per heavy atom. The lowest BCUT2D eigenvalue weighted by molar-refractivity contribution is 0.415. The number of anilines is 1. The van der Waals surface area contributed by atoms with Crippen molar-refractivity contribution in [1.82, 2.24) is 4.72 Å². The zero-order chi connectivity index (χ0) is 18.6. The summed E-state index contributed by atoms with van der Waals surface area (Å²) in [4.78, 5) is 0. The number of nitrogens with one attached hydrogen (secondary N) is 1. The molecule has 2 aromatic carbocycles. The van der Waals surface area contributed by atoms with Gasteiger partial charge < -0.3 is 10.5 Å². The van der Waals surface area contributed by atoms with E-state index in [0.29, 0.717) is 23.3 Å². The quantitative estimate of drug-likeness (QED) is 0.734. The van der Waals surface area contributed by atoms with E-state index >= 15 is 0 Å². The minimum atomic E-state index is -3.43. The van der Waals surface area contributed by atoms with Crippen LogP contribution in [0.1, 0.15) is 18.9 Å². The van der Waals surface area contributed by atoms with Crippen LogP contribution in [0, 0.1) is 11.6 Å². The summed E-state index contributed by atoms with van der Waals surface area (Å²) < 4.78 is 59.2. The molecule has 0 aliphatic rings. The molecular formula is C17H20F2N2O3S. The molecular weight excluding hydrogens is 350 g/mol. The van der Waals surface area contributed by atoms with Crippen LogP contribution in [0.5, 0.6) is 5.75 Å². The van der Waals surface area contributed by atoms with Crippen molar-refractivity contribution in [2.45, 2.75) is 19.9 Å². The number of benzene rings is 2. The highest BCUT2D eigenvalue weighted by molar-refractivity contribution is 7.89. The number of rotatable bonds is 7. The Balaban J connectivity index is 2.48. The molecule has 5 nitrogen and oxygen atoms in total. The van der Waals surface area contributed by atoms with Crippen LogP contribution in [0.25, 0.3) is 11.1 Å². The Labute approximate surface area is 145 Å². The third kappa shape index (κ3) is 4.46. The van der Waals surface area contributed by atoms with Crippen molar-refractivity contribution in [1.29, 1.82) is 0 Å². The van der Waals surface area contributed by atoms with Gasteiger partial charge in [0.2, 0.25) is 10.0 Å². The third-order valence-electron chi connectivity index (χ3n) is 3.69. The molecule has 0 spiro atoms. The number of sulfonamides is 1. The van der Waals surface area contributed by atoms with Crippen LogP contribution in [-0.4, -0.2) is 21.3 Å². The predicted octanol–water partition coefficient (Wildman–Crippen LogP) is 3.05. The molecule has 0 aromatic heterocycles. The second-order valence-corrected chi connectivity index (χ2v) is 7.41. The molecule has 0 saturated heterocycles. The van der Waals surface area contributed by atoms with Gasteiger partial charge in [0.25, 0.3) is 0 Å². The minimum Gasteiger partial charge on any atom is -0.497 e. The average molecular weight is 370 g/mol. The van der Waals surface area contributed by atoms with Gasteiger partial charge in [0.1, 0.15) is 17.3 Å². The van der Waals surface area contributed by atoms with Gasteiger partial charge in [-0.15, -0.1) is 0 Å². The minimum absolute atomic E-state index is 0.00363. The number of methoxy groups -OCH3 is 1. The largest absolute Gasteiger partial charge is 0.497 e. The number of hydrogen-bond donors (Lipinski definition) is 2. The van der Waals surface area contributed by atoms with E-state index in [-0.39, 0.29) is 17.9 Å². The molecule has 0 atom stereocenters. The lowest BCUT2D eigenvalue weighted by Crippen LogP contribution is -2.25. The maximum atomic E-state index is 14.4. The molecule has 136 valence electrons. The number of hydrogen-bond acceptors (Lipinski definition) is 4. The molecule has 3 N–H and O–H groups in total. The van der Waals surface area contributed by atoms with Gasteiger partial charge in [-0.2, -0.15) is 0 Å². The fraction of sp³-hybridized carbons (Fsp3) is 0.294. The number of nitrogens with two attached hydrogens (primary N) is 1. The number of ether oxygens (including phenoxy) is 1. The van der Waals surface area contributed by atoms with Gasteiger partial charge in [-0.25, -0.2) is 21.9 Å². The normalized spacial score (nSPS) is 11.5. The first kappa shape index (κ1) is 19.1. The summed E-state index contributed by atoms with van der Waals surface area (Å²) in [5, 5.41) is 0. The maximum Gasteiger partial charge on any atom is 0.211 e. The molecule has 0 aliphatic carbocycles. The van der Waals surface area contributed by atoms with Gasteiger partial charge in [-0.1, -0.05) is 13.0 Å². The van der Waals surface area contributed by atoms with Gasteiger partial charge in [0.15, 0.2) is 5.82 Å². The standard InChI is InChI=1S/C17H20F2N2O3S/c1-3-8-25(22,23)21-10-11-4-5-12(24-2)9-14(11)13-6-7-15(18)17(20)16(13)19/h4-7,9,21H,3,8,10,20H2,1-2H3. The first-order valence-electron chi connectivity index (χ1n) is 7.67. The highest BCUT2D eigenvalue weighted by atomic mass is 32.2. The van der Waals surface area contributed by atoms with Crippen molar-refractivity contribution in [3.05, 3.63) is 47.5 Å². The molecule has 2 rings (SSSR count). The Hall–Kier alpha value is -2.19. The first-order valence-corrected chi connectivity index (χ1v) is 9.32. The van der Waals surface area contributed by atoms with Crippen molar-refractivity contribution in [3.63, 3.8) is 0 Å². The first-order chi connectivity index (χ1) is 11.8. The van der Waals surface area contributed by atoms with Crippen LogP contribution in [0.4, 0.5) is 14.5 Å². The van der Waals surface area contributed by atoms with Crippen molar-refractivity contribution in [2.75, 3.05) is 18.6 Å². The Kier molecular flexibility index (Phi) is 5.97. The summed E-state index contributed by atoms with van der Waals surface area (Å²) in [5.41, 5.74) is 5.81. The van der Waals surface area contributed by atoms with Crippen LogP contribution >= 0.6 is 0 Å². The molecule has 25 heavy (non-hydrogen) atoms. The maximum absolute atomic E-state index is 14.4. The molecule has 8 heteroatoms. The molecule has 0 aliphatic heterocycles. The fourth-order valence-corrected chi connectivity index (χ4v) is 3.45. The summed E-state index contributed by atoms with van der Waals surface area (Å²) in [5.74, 6) is -1.30. The van der Waals surface area contributed by atoms with Crippen LogP contribution in [0.15, 0.2) is 30.3 Å². The Morgan fingerprint density at radius 3 is 2.52 bits per heavy atom. The van der Waals surface area contributed by atoms with Gasteiger partial charge in [-0.3, -0.25) is 0 Å². The topological polar surface area (TPSA) is 81.4 Å². The molecule has 0 heterocycles. The Bertz CT molecular complexity index is 870. The summed E-state index contributed by atoms with van der Waals surface area (Å²) in [6.07, 6.45) is 0.480. The van der Waals surface area contributed by atoms with E-state index in [1.807, 2.05) is 0 Å². The molecule has 2 aromatic rings. The molecule has 0 saturated carbocycles. The zero-order valence-electron chi connectivity index (χ0n) is 14.0. The van der Waals surface area contributed by atoms with Gasteiger partial charge in [-0.05, 0) is 41.8 Å². The number of halogens is 2. The summed E-state index contributed by atoms with van der Waals surface area (Å²) in [6, 6.07) is 7.15. The monoisotopic (exact) mass is 370 g/mol. The fourth-order valence-electron chi connectivity index (χ4n) is 2.39. The summed E-state index contributed by atoms with van der Waals surface area (Å²) in [7, 11) is -1.97. The van der Waals surface area contributed by atoms with Gasteiger partial charge >= 0.3 is 0 Å². The van der Waals surface area contributed by atoms with Crippen molar-refractivity contribution in [3.8, 4) is 16.9 Å². The highest BCUT2D eigenvalue weighted by Gasteiger charge is 2.17. The highest BCUT2D eigenvalue weighted by Crippen LogP contribution is 2.33. The van der Waals surface area contributed by atoms with E-state index in [9.17, 15) is 17.2 Å². The van der Waals surface area contributed by atoms with Crippen LogP contribution < -0.4 is 15.2 Å². The van der Waals surface area contributed by atoms with Crippen LogP contribution in [0.2, 0.25) is 0 Å². The molecule has 0 radical (unpaired) electrons. The number of nitrogen functional groups attached to an aromatic ring is 1. The van der Waals surface area contributed by atoms with Crippen molar-refractivity contribution >= 4 is 15.7 Å². The lowest BCUT2D eigenvalue weighted by atomic mass is 9.98.